The zero-order valence-electron chi connectivity index (χ0n) is 8.99. The van der Waals surface area contributed by atoms with Crippen LogP contribution in [0.4, 0.5) is 0 Å². The molecule has 1 saturated carbocycles. The molecule has 0 aromatic heterocycles. The van der Waals surface area contributed by atoms with E-state index >= 15 is 0 Å². The van der Waals surface area contributed by atoms with Crippen LogP contribution in [0.5, 0.6) is 0 Å². The number of carbonyl (C=O) groups excluding carboxylic acids is 1. The van der Waals surface area contributed by atoms with Gasteiger partial charge in [-0.15, -0.1) is 0 Å². The minimum absolute atomic E-state index is 0.0350. The summed E-state index contributed by atoms with van der Waals surface area (Å²) >= 11 is 0. The Hall–Kier alpha value is -0.610. The van der Waals surface area contributed by atoms with E-state index in [4.69, 9.17) is 10.8 Å². The van der Waals surface area contributed by atoms with Gasteiger partial charge in [0.15, 0.2) is 0 Å². The molecule has 3 N–H and O–H groups in total. The monoisotopic (exact) mass is 200 g/mol. The van der Waals surface area contributed by atoms with Gasteiger partial charge in [-0.1, -0.05) is 0 Å². The highest BCUT2D eigenvalue weighted by Gasteiger charge is 2.33. The van der Waals surface area contributed by atoms with Crippen molar-refractivity contribution in [2.24, 2.45) is 5.73 Å². The highest BCUT2D eigenvalue weighted by molar-refractivity contribution is 5.78. The fourth-order valence-corrected chi connectivity index (χ4v) is 1.50. The van der Waals surface area contributed by atoms with Gasteiger partial charge in [0.1, 0.15) is 0 Å². The summed E-state index contributed by atoms with van der Waals surface area (Å²) in [6.45, 7) is 4.16. The number of aliphatic hydroxyl groups is 1. The standard InChI is InChI=1S/C10H20N2O2/c1-10(2,11)7-9(14)12(5-6-13)8-3-4-8/h8,13H,3-7,11H2,1-2H3. The van der Waals surface area contributed by atoms with Crippen LogP contribution in [0, 0.1) is 0 Å². The summed E-state index contributed by atoms with van der Waals surface area (Å²) in [5, 5.41) is 8.84. The molecule has 0 radical (unpaired) electrons. The number of rotatable bonds is 5. The van der Waals surface area contributed by atoms with Gasteiger partial charge in [-0.3, -0.25) is 4.79 Å². The van der Waals surface area contributed by atoms with Crippen LogP contribution in [-0.2, 0) is 4.79 Å². The van der Waals surface area contributed by atoms with E-state index in [2.05, 4.69) is 0 Å². The topological polar surface area (TPSA) is 66.6 Å². The summed E-state index contributed by atoms with van der Waals surface area (Å²) in [5.41, 5.74) is 5.32. The van der Waals surface area contributed by atoms with E-state index in [1.807, 2.05) is 13.8 Å². The van der Waals surface area contributed by atoms with Gasteiger partial charge in [-0.05, 0) is 26.7 Å². The van der Waals surface area contributed by atoms with Crippen LogP contribution >= 0.6 is 0 Å². The van der Waals surface area contributed by atoms with E-state index in [-0.39, 0.29) is 12.5 Å². The molecule has 1 amide bonds. The molecule has 0 bridgehead atoms. The zero-order valence-corrected chi connectivity index (χ0v) is 8.99. The maximum Gasteiger partial charge on any atom is 0.224 e. The van der Waals surface area contributed by atoms with E-state index in [1.54, 1.807) is 4.90 Å². The summed E-state index contributed by atoms with van der Waals surface area (Å²) in [4.78, 5) is 13.5. The lowest BCUT2D eigenvalue weighted by Crippen LogP contribution is -2.43. The molecule has 4 heteroatoms. The molecule has 0 aromatic rings. The molecule has 0 aliphatic heterocycles. The number of nitrogens with two attached hydrogens (primary N) is 1. The molecule has 1 rings (SSSR count). The third-order valence-electron chi connectivity index (χ3n) is 2.26. The predicted molar refractivity (Wildman–Crippen MR) is 54.7 cm³/mol. The highest BCUT2D eigenvalue weighted by Crippen LogP contribution is 2.27. The molecule has 0 atom stereocenters. The molecule has 1 aliphatic rings. The normalized spacial score (nSPS) is 16.9. The van der Waals surface area contributed by atoms with Gasteiger partial charge in [-0.2, -0.15) is 0 Å². The molecule has 14 heavy (non-hydrogen) atoms. The summed E-state index contributed by atoms with van der Waals surface area (Å²) < 4.78 is 0. The Morgan fingerprint density at radius 3 is 2.50 bits per heavy atom. The molecular weight excluding hydrogens is 180 g/mol. The van der Waals surface area contributed by atoms with Crippen LogP contribution in [0.15, 0.2) is 0 Å². The SMILES string of the molecule is CC(C)(N)CC(=O)N(CCO)C1CC1. The molecule has 0 unspecified atom stereocenters. The first-order chi connectivity index (χ1) is 6.44. The molecule has 0 heterocycles. The Morgan fingerprint density at radius 2 is 2.14 bits per heavy atom. The van der Waals surface area contributed by atoms with Gasteiger partial charge >= 0.3 is 0 Å². The minimum Gasteiger partial charge on any atom is -0.395 e. The van der Waals surface area contributed by atoms with Crippen LogP contribution in [0.2, 0.25) is 0 Å². The van der Waals surface area contributed by atoms with Crippen molar-refractivity contribution in [1.82, 2.24) is 4.90 Å². The predicted octanol–water partition coefficient (Wildman–Crippen LogP) is 0.0971. The van der Waals surface area contributed by atoms with Crippen molar-refractivity contribution in [2.75, 3.05) is 13.2 Å². The number of amides is 1. The van der Waals surface area contributed by atoms with Crippen LogP contribution in [0.25, 0.3) is 0 Å². The molecule has 0 aromatic carbocycles. The van der Waals surface area contributed by atoms with Crippen LogP contribution < -0.4 is 5.73 Å². The Bertz CT molecular complexity index is 207. The third kappa shape index (κ3) is 3.64. The molecule has 82 valence electrons. The quantitative estimate of drug-likeness (QED) is 0.661. The lowest BCUT2D eigenvalue weighted by molar-refractivity contribution is -0.133. The maximum absolute atomic E-state index is 11.8. The first-order valence-corrected chi connectivity index (χ1v) is 5.13. The van der Waals surface area contributed by atoms with E-state index < -0.39 is 5.54 Å². The fraction of sp³-hybridized carbons (Fsp3) is 0.900. The molecule has 1 fully saturated rings. The summed E-state index contributed by atoms with van der Waals surface area (Å²) in [5.74, 6) is 0.0639. The van der Waals surface area contributed by atoms with Crippen molar-refractivity contribution in [2.45, 2.75) is 44.7 Å². The number of nitrogens with zero attached hydrogens (tertiary/aromatic N) is 1. The van der Waals surface area contributed by atoms with Crippen molar-refractivity contribution in [3.63, 3.8) is 0 Å². The van der Waals surface area contributed by atoms with E-state index in [9.17, 15) is 4.79 Å². The Morgan fingerprint density at radius 1 is 1.57 bits per heavy atom. The first-order valence-electron chi connectivity index (χ1n) is 5.13. The Balaban J connectivity index is 2.46. The Labute approximate surface area is 85.1 Å². The highest BCUT2D eigenvalue weighted by atomic mass is 16.3. The minimum atomic E-state index is -0.459. The summed E-state index contributed by atoms with van der Waals surface area (Å²) in [6, 6.07) is 0.358. The smallest absolute Gasteiger partial charge is 0.224 e. The van der Waals surface area contributed by atoms with Crippen molar-refractivity contribution >= 4 is 5.91 Å². The summed E-state index contributed by atoms with van der Waals surface area (Å²) in [6.07, 6.45) is 2.48. The van der Waals surface area contributed by atoms with E-state index in [0.717, 1.165) is 12.8 Å². The molecule has 0 spiro atoms. The number of aliphatic hydroxyl groups excluding tert-OH is 1. The van der Waals surface area contributed by atoms with E-state index in [0.29, 0.717) is 19.0 Å². The van der Waals surface area contributed by atoms with Gasteiger partial charge in [0.05, 0.1) is 6.61 Å². The number of hydrogen-bond donors (Lipinski definition) is 2. The van der Waals surface area contributed by atoms with Crippen LogP contribution in [-0.4, -0.2) is 40.6 Å². The fourth-order valence-electron chi connectivity index (χ4n) is 1.50. The first kappa shape index (κ1) is 11.5. The summed E-state index contributed by atoms with van der Waals surface area (Å²) in [7, 11) is 0. The van der Waals surface area contributed by atoms with Gasteiger partial charge < -0.3 is 15.7 Å². The number of hydrogen-bond acceptors (Lipinski definition) is 3. The number of carbonyl (C=O) groups is 1. The second kappa shape index (κ2) is 4.28. The molecule has 1 aliphatic carbocycles. The Kier molecular flexibility index (Phi) is 3.50. The zero-order chi connectivity index (χ0) is 10.8. The van der Waals surface area contributed by atoms with Gasteiger partial charge in [0.25, 0.3) is 0 Å². The van der Waals surface area contributed by atoms with Gasteiger partial charge in [0, 0.05) is 24.5 Å². The average molecular weight is 200 g/mol. The van der Waals surface area contributed by atoms with Gasteiger partial charge in [-0.25, -0.2) is 0 Å². The van der Waals surface area contributed by atoms with Gasteiger partial charge in [0.2, 0.25) is 5.91 Å². The second-order valence-electron chi connectivity index (χ2n) is 4.71. The van der Waals surface area contributed by atoms with Crippen molar-refractivity contribution in [1.29, 1.82) is 0 Å². The van der Waals surface area contributed by atoms with E-state index in [1.165, 1.54) is 0 Å². The largest absolute Gasteiger partial charge is 0.395 e. The van der Waals surface area contributed by atoms with Crippen molar-refractivity contribution in [3.8, 4) is 0 Å². The lowest BCUT2D eigenvalue weighted by atomic mass is 10.0. The molecule has 4 nitrogen and oxygen atoms in total. The third-order valence-corrected chi connectivity index (χ3v) is 2.26. The van der Waals surface area contributed by atoms with Crippen molar-refractivity contribution < 1.29 is 9.90 Å². The average Bonchev–Trinajstić information content (AvgIpc) is 2.78. The second-order valence-corrected chi connectivity index (χ2v) is 4.71. The molecule has 0 saturated heterocycles. The lowest BCUT2D eigenvalue weighted by Gasteiger charge is -2.26. The maximum atomic E-state index is 11.8. The van der Waals surface area contributed by atoms with Crippen LogP contribution in [0.3, 0.4) is 0 Å². The molecular formula is C10H20N2O2. The van der Waals surface area contributed by atoms with Crippen LogP contribution in [0.1, 0.15) is 33.1 Å². The van der Waals surface area contributed by atoms with Crippen molar-refractivity contribution in [3.05, 3.63) is 0 Å².